The highest BCUT2D eigenvalue weighted by Crippen LogP contribution is 2.21. The molecular formula is C21H21N3O4. The number of rotatable bonds is 6. The Morgan fingerprint density at radius 1 is 1.18 bits per heavy atom. The quantitative estimate of drug-likeness (QED) is 0.683. The highest BCUT2D eigenvalue weighted by molar-refractivity contribution is 6.07. The SMILES string of the molecule is Cc1ccc(OCc2cccc(C(=O)Nc3cnn(C)c3C(=O)O)c2)c(C)c1. The van der Waals surface area contributed by atoms with Crippen molar-refractivity contribution in [3.8, 4) is 5.75 Å². The van der Waals surface area contributed by atoms with Crippen LogP contribution in [0.15, 0.2) is 48.7 Å². The smallest absolute Gasteiger partial charge is 0.356 e. The Hall–Kier alpha value is -3.61. The molecule has 0 saturated heterocycles. The van der Waals surface area contributed by atoms with Crippen LogP contribution in [0.2, 0.25) is 0 Å². The summed E-state index contributed by atoms with van der Waals surface area (Å²) < 4.78 is 7.06. The molecule has 7 nitrogen and oxygen atoms in total. The van der Waals surface area contributed by atoms with Gasteiger partial charge in [0.15, 0.2) is 5.69 Å². The number of hydrogen-bond donors (Lipinski definition) is 2. The van der Waals surface area contributed by atoms with Crippen molar-refractivity contribution in [3.63, 3.8) is 0 Å². The van der Waals surface area contributed by atoms with E-state index in [1.807, 2.05) is 38.1 Å². The van der Waals surface area contributed by atoms with Gasteiger partial charge in [-0.25, -0.2) is 4.79 Å². The van der Waals surface area contributed by atoms with Crippen molar-refractivity contribution < 1.29 is 19.4 Å². The lowest BCUT2D eigenvalue weighted by Crippen LogP contribution is -2.15. The van der Waals surface area contributed by atoms with Crippen LogP contribution in [0.5, 0.6) is 5.75 Å². The number of ether oxygens (including phenoxy) is 1. The zero-order valence-corrected chi connectivity index (χ0v) is 15.9. The van der Waals surface area contributed by atoms with Crippen LogP contribution in [-0.2, 0) is 13.7 Å². The summed E-state index contributed by atoms with van der Waals surface area (Å²) in [6, 6.07) is 13.0. The number of carboxylic acids is 1. The highest BCUT2D eigenvalue weighted by atomic mass is 16.5. The number of aromatic carboxylic acids is 1. The Kier molecular flexibility index (Phi) is 5.44. The van der Waals surface area contributed by atoms with Gasteiger partial charge in [0.1, 0.15) is 12.4 Å². The lowest BCUT2D eigenvalue weighted by atomic mass is 10.1. The van der Waals surface area contributed by atoms with Gasteiger partial charge in [-0.05, 0) is 43.2 Å². The van der Waals surface area contributed by atoms with E-state index in [1.165, 1.54) is 23.5 Å². The molecule has 3 rings (SSSR count). The second kappa shape index (κ2) is 7.96. The average molecular weight is 379 g/mol. The normalized spacial score (nSPS) is 10.5. The number of hydrogen-bond acceptors (Lipinski definition) is 4. The maximum absolute atomic E-state index is 12.5. The Morgan fingerprint density at radius 2 is 1.96 bits per heavy atom. The summed E-state index contributed by atoms with van der Waals surface area (Å²) in [7, 11) is 1.50. The number of anilines is 1. The van der Waals surface area contributed by atoms with E-state index in [1.54, 1.807) is 18.2 Å². The molecule has 0 aliphatic carbocycles. The molecule has 0 unspecified atom stereocenters. The van der Waals surface area contributed by atoms with Crippen molar-refractivity contribution in [2.24, 2.45) is 7.05 Å². The number of nitrogens with one attached hydrogen (secondary N) is 1. The van der Waals surface area contributed by atoms with Gasteiger partial charge < -0.3 is 15.2 Å². The standard InChI is InChI=1S/C21H21N3O4/c1-13-7-8-18(14(2)9-13)28-12-15-5-4-6-16(10-15)20(25)23-17-11-22-24(3)19(17)21(26)27/h4-11H,12H2,1-3H3,(H,23,25)(H,26,27). The van der Waals surface area contributed by atoms with E-state index in [0.717, 1.165) is 16.9 Å². The van der Waals surface area contributed by atoms with Crippen LogP contribution >= 0.6 is 0 Å². The van der Waals surface area contributed by atoms with Crippen molar-refractivity contribution >= 4 is 17.6 Å². The molecule has 0 bridgehead atoms. The molecule has 0 spiro atoms. The van der Waals surface area contributed by atoms with E-state index in [9.17, 15) is 14.7 Å². The summed E-state index contributed by atoms with van der Waals surface area (Å²) in [5, 5.41) is 15.7. The van der Waals surface area contributed by atoms with Crippen LogP contribution in [0.4, 0.5) is 5.69 Å². The fourth-order valence-electron chi connectivity index (χ4n) is 2.90. The topological polar surface area (TPSA) is 93.5 Å². The van der Waals surface area contributed by atoms with E-state index < -0.39 is 11.9 Å². The zero-order chi connectivity index (χ0) is 20.3. The van der Waals surface area contributed by atoms with Crippen molar-refractivity contribution in [1.82, 2.24) is 9.78 Å². The number of carbonyl (C=O) groups excluding carboxylic acids is 1. The van der Waals surface area contributed by atoms with Gasteiger partial charge in [0.05, 0.1) is 11.9 Å². The molecule has 2 N–H and O–H groups in total. The molecule has 144 valence electrons. The molecule has 1 heterocycles. The molecule has 0 fully saturated rings. The largest absolute Gasteiger partial charge is 0.489 e. The lowest BCUT2D eigenvalue weighted by molar-refractivity contribution is 0.0686. The van der Waals surface area contributed by atoms with Gasteiger partial charge in [0, 0.05) is 12.6 Å². The molecule has 2 aromatic carbocycles. The van der Waals surface area contributed by atoms with Gasteiger partial charge in [0.25, 0.3) is 5.91 Å². The van der Waals surface area contributed by atoms with Crippen molar-refractivity contribution in [2.45, 2.75) is 20.5 Å². The van der Waals surface area contributed by atoms with Crippen LogP contribution in [0.1, 0.15) is 37.5 Å². The molecule has 0 radical (unpaired) electrons. The third-order valence-corrected chi connectivity index (χ3v) is 4.30. The van der Waals surface area contributed by atoms with Gasteiger partial charge in [-0.1, -0.05) is 29.8 Å². The van der Waals surface area contributed by atoms with Gasteiger partial charge in [-0.3, -0.25) is 9.48 Å². The van der Waals surface area contributed by atoms with E-state index in [4.69, 9.17) is 4.74 Å². The molecule has 3 aromatic rings. The Balaban J connectivity index is 1.72. The first-order chi connectivity index (χ1) is 13.3. The van der Waals surface area contributed by atoms with Gasteiger partial charge >= 0.3 is 5.97 Å². The molecule has 1 amide bonds. The molecule has 28 heavy (non-hydrogen) atoms. The van der Waals surface area contributed by atoms with Crippen molar-refractivity contribution in [1.29, 1.82) is 0 Å². The minimum absolute atomic E-state index is 0.0808. The molecule has 0 aliphatic rings. The summed E-state index contributed by atoms with van der Waals surface area (Å²) >= 11 is 0. The maximum atomic E-state index is 12.5. The van der Waals surface area contributed by atoms with E-state index in [-0.39, 0.29) is 11.4 Å². The third-order valence-electron chi connectivity index (χ3n) is 4.30. The number of carbonyl (C=O) groups is 2. The molecule has 1 aromatic heterocycles. The molecule has 0 aliphatic heterocycles. The van der Waals surface area contributed by atoms with Crippen LogP contribution < -0.4 is 10.1 Å². The number of aryl methyl sites for hydroxylation is 3. The van der Waals surface area contributed by atoms with Crippen molar-refractivity contribution in [2.75, 3.05) is 5.32 Å². The van der Waals surface area contributed by atoms with Crippen LogP contribution in [0.25, 0.3) is 0 Å². The van der Waals surface area contributed by atoms with Crippen LogP contribution in [0.3, 0.4) is 0 Å². The number of amides is 1. The summed E-state index contributed by atoms with van der Waals surface area (Å²) in [6.07, 6.45) is 1.31. The lowest BCUT2D eigenvalue weighted by Gasteiger charge is -2.11. The minimum Gasteiger partial charge on any atom is -0.489 e. The monoisotopic (exact) mass is 379 g/mol. The van der Waals surface area contributed by atoms with Gasteiger partial charge in [-0.15, -0.1) is 0 Å². The van der Waals surface area contributed by atoms with Crippen molar-refractivity contribution in [3.05, 3.63) is 76.6 Å². The summed E-state index contributed by atoms with van der Waals surface area (Å²) in [6.45, 7) is 4.33. The third kappa shape index (κ3) is 4.20. The summed E-state index contributed by atoms with van der Waals surface area (Å²) in [4.78, 5) is 23.8. The Bertz CT molecular complexity index is 1040. The van der Waals surface area contributed by atoms with Gasteiger partial charge in [-0.2, -0.15) is 5.10 Å². The fourth-order valence-corrected chi connectivity index (χ4v) is 2.90. The summed E-state index contributed by atoms with van der Waals surface area (Å²) in [5.74, 6) is -0.781. The second-order valence-electron chi connectivity index (χ2n) is 6.55. The zero-order valence-electron chi connectivity index (χ0n) is 15.9. The number of nitrogens with zero attached hydrogens (tertiary/aromatic N) is 2. The van der Waals surface area contributed by atoms with E-state index in [0.29, 0.717) is 12.2 Å². The fraction of sp³-hybridized carbons (Fsp3) is 0.190. The average Bonchev–Trinajstić information content (AvgIpc) is 3.01. The Labute approximate surface area is 162 Å². The Morgan fingerprint density at radius 3 is 2.68 bits per heavy atom. The highest BCUT2D eigenvalue weighted by Gasteiger charge is 2.18. The number of aromatic nitrogens is 2. The first kappa shape index (κ1) is 19.2. The van der Waals surface area contributed by atoms with Crippen LogP contribution in [0, 0.1) is 13.8 Å². The molecular weight excluding hydrogens is 358 g/mol. The number of benzene rings is 2. The van der Waals surface area contributed by atoms with Gasteiger partial charge in [0.2, 0.25) is 0 Å². The molecule has 0 atom stereocenters. The molecule has 0 saturated carbocycles. The predicted octanol–water partition coefficient (Wildman–Crippen LogP) is 3.57. The van der Waals surface area contributed by atoms with E-state index >= 15 is 0 Å². The van der Waals surface area contributed by atoms with E-state index in [2.05, 4.69) is 10.4 Å². The maximum Gasteiger partial charge on any atom is 0.356 e. The number of carboxylic acid groups (broad SMARTS) is 1. The minimum atomic E-state index is -1.16. The second-order valence-corrected chi connectivity index (χ2v) is 6.55. The first-order valence-electron chi connectivity index (χ1n) is 8.71. The first-order valence-corrected chi connectivity index (χ1v) is 8.71. The summed E-state index contributed by atoms with van der Waals surface area (Å²) in [5.41, 5.74) is 3.52. The molecule has 7 heteroatoms. The van der Waals surface area contributed by atoms with Crippen LogP contribution in [-0.4, -0.2) is 26.8 Å². The predicted molar refractivity (Wildman–Crippen MR) is 105 cm³/mol.